The van der Waals surface area contributed by atoms with Gasteiger partial charge in [0.05, 0.1) is 26.2 Å². The van der Waals surface area contributed by atoms with Crippen LogP contribution in [0.25, 0.3) is 0 Å². The zero-order valence-electron chi connectivity index (χ0n) is 7.86. The lowest BCUT2D eigenvalue weighted by atomic mass is 10.1. The predicted molar refractivity (Wildman–Crippen MR) is 65.0 cm³/mol. The first kappa shape index (κ1) is 12.0. The molecule has 0 fully saturated rings. The van der Waals surface area contributed by atoms with E-state index in [2.05, 4.69) is 5.32 Å². The second-order valence-corrected chi connectivity index (χ2v) is 4.96. The molecular weight excluding hydrogens is 293 g/mol. The summed E-state index contributed by atoms with van der Waals surface area (Å²) in [4.78, 5) is 23.5. The van der Waals surface area contributed by atoms with Crippen LogP contribution >= 0.6 is 46.6 Å². The van der Waals surface area contributed by atoms with Crippen LogP contribution in [0.15, 0.2) is 4.90 Å². The molecule has 1 aliphatic heterocycles. The molecule has 0 unspecified atom stereocenters. The average molecular weight is 297 g/mol. The minimum atomic E-state index is -0.543. The van der Waals surface area contributed by atoms with E-state index in [1.54, 1.807) is 6.26 Å². The van der Waals surface area contributed by atoms with Crippen molar-refractivity contribution in [1.29, 1.82) is 0 Å². The van der Waals surface area contributed by atoms with Crippen molar-refractivity contribution in [3.63, 3.8) is 0 Å². The van der Waals surface area contributed by atoms with E-state index in [9.17, 15) is 9.59 Å². The molecule has 16 heavy (non-hydrogen) atoms. The molecule has 0 bridgehead atoms. The molecule has 0 saturated carbocycles. The zero-order valence-corrected chi connectivity index (χ0v) is 10.9. The number of hydrogen-bond acceptors (Lipinski definition) is 3. The Balaban J connectivity index is 2.91. The highest BCUT2D eigenvalue weighted by atomic mass is 35.5. The SMILES string of the molecule is CSc1c(Cl)c(Cl)c(Cl)c2c1C(=O)NC2=O. The summed E-state index contributed by atoms with van der Waals surface area (Å²) >= 11 is 19.0. The Morgan fingerprint density at radius 3 is 2.06 bits per heavy atom. The minimum absolute atomic E-state index is 0.0165. The van der Waals surface area contributed by atoms with Crippen LogP contribution in [-0.2, 0) is 0 Å². The van der Waals surface area contributed by atoms with Crippen molar-refractivity contribution in [3.05, 3.63) is 26.2 Å². The number of carbonyl (C=O) groups excluding carboxylic acids is 2. The van der Waals surface area contributed by atoms with E-state index in [1.807, 2.05) is 0 Å². The molecule has 7 heteroatoms. The maximum absolute atomic E-state index is 11.6. The number of hydrogen-bond donors (Lipinski definition) is 1. The Hall–Kier alpha value is -0.420. The minimum Gasteiger partial charge on any atom is -0.288 e. The summed E-state index contributed by atoms with van der Waals surface area (Å²) in [6.45, 7) is 0. The van der Waals surface area contributed by atoms with Crippen molar-refractivity contribution in [2.24, 2.45) is 0 Å². The summed E-state index contributed by atoms with van der Waals surface area (Å²) in [7, 11) is 0. The highest BCUT2D eigenvalue weighted by molar-refractivity contribution is 7.98. The monoisotopic (exact) mass is 295 g/mol. The van der Waals surface area contributed by atoms with E-state index in [0.29, 0.717) is 4.90 Å². The van der Waals surface area contributed by atoms with Crippen molar-refractivity contribution in [3.8, 4) is 0 Å². The lowest BCUT2D eigenvalue weighted by Gasteiger charge is -2.09. The van der Waals surface area contributed by atoms with Crippen LogP contribution in [0, 0.1) is 0 Å². The van der Waals surface area contributed by atoms with Gasteiger partial charge in [0.2, 0.25) is 0 Å². The van der Waals surface area contributed by atoms with E-state index in [-0.39, 0.29) is 26.2 Å². The van der Waals surface area contributed by atoms with Crippen LogP contribution in [0.1, 0.15) is 20.7 Å². The normalized spacial score (nSPS) is 14.0. The largest absolute Gasteiger partial charge is 0.288 e. The van der Waals surface area contributed by atoms with Crippen LogP contribution in [0.3, 0.4) is 0 Å². The number of thioether (sulfide) groups is 1. The molecule has 1 N–H and O–H groups in total. The van der Waals surface area contributed by atoms with Crippen molar-refractivity contribution in [2.75, 3.05) is 6.26 Å². The third kappa shape index (κ3) is 1.52. The summed E-state index contributed by atoms with van der Waals surface area (Å²) in [6, 6.07) is 0. The summed E-state index contributed by atoms with van der Waals surface area (Å²) in [5.41, 5.74) is 0.308. The van der Waals surface area contributed by atoms with Gasteiger partial charge in [-0.2, -0.15) is 0 Å². The molecule has 0 aliphatic carbocycles. The number of amides is 2. The van der Waals surface area contributed by atoms with Crippen LogP contribution < -0.4 is 5.32 Å². The molecule has 84 valence electrons. The Morgan fingerprint density at radius 2 is 1.50 bits per heavy atom. The van der Waals surface area contributed by atoms with Crippen molar-refractivity contribution >= 4 is 58.4 Å². The summed E-state index contributed by atoms with van der Waals surface area (Å²) in [6.07, 6.45) is 1.74. The number of benzene rings is 1. The molecular formula is C9H4Cl3NO2S. The molecule has 1 aromatic rings. The van der Waals surface area contributed by atoms with Gasteiger partial charge in [-0.1, -0.05) is 34.8 Å². The van der Waals surface area contributed by atoms with Crippen LogP contribution in [0.5, 0.6) is 0 Å². The van der Waals surface area contributed by atoms with E-state index in [0.717, 1.165) is 0 Å². The van der Waals surface area contributed by atoms with E-state index < -0.39 is 11.8 Å². The number of nitrogens with one attached hydrogen (secondary N) is 1. The molecule has 3 nitrogen and oxygen atoms in total. The molecule has 0 aromatic heterocycles. The van der Waals surface area contributed by atoms with E-state index in [1.165, 1.54) is 11.8 Å². The fraction of sp³-hybridized carbons (Fsp3) is 0.111. The highest BCUT2D eigenvalue weighted by Gasteiger charge is 2.35. The fourth-order valence-electron chi connectivity index (χ4n) is 1.49. The van der Waals surface area contributed by atoms with Crippen molar-refractivity contribution < 1.29 is 9.59 Å². The molecule has 0 atom stereocenters. The molecule has 0 radical (unpaired) electrons. The van der Waals surface area contributed by atoms with Gasteiger partial charge in [0, 0.05) is 4.90 Å². The molecule has 0 spiro atoms. The van der Waals surface area contributed by atoms with Gasteiger partial charge in [-0.25, -0.2) is 0 Å². The number of fused-ring (bicyclic) bond motifs is 1. The Labute approximate surface area is 110 Å². The third-order valence-corrected chi connectivity index (χ3v) is 4.42. The smallest absolute Gasteiger partial charge is 0.260 e. The topological polar surface area (TPSA) is 46.2 Å². The average Bonchev–Trinajstić information content (AvgIpc) is 2.52. The molecule has 1 aliphatic rings. The first-order valence-electron chi connectivity index (χ1n) is 4.09. The van der Waals surface area contributed by atoms with Crippen molar-refractivity contribution in [1.82, 2.24) is 5.32 Å². The predicted octanol–water partition coefficient (Wildman–Crippen LogP) is 3.25. The molecule has 2 rings (SSSR count). The number of carbonyl (C=O) groups is 2. The Bertz CT molecular complexity index is 530. The first-order chi connectivity index (χ1) is 7.49. The standard InChI is InChI=1S/C9H4Cl3NO2S/c1-16-7-3-2(8(14)13-9(3)15)4(10)5(11)6(7)12/h1H3,(H,13,14,15). The second kappa shape index (κ2) is 4.11. The lowest BCUT2D eigenvalue weighted by Crippen LogP contribution is -2.20. The first-order valence-corrected chi connectivity index (χ1v) is 6.45. The number of rotatable bonds is 1. The summed E-state index contributed by atoms with van der Waals surface area (Å²) in [5, 5.41) is 2.47. The van der Waals surface area contributed by atoms with Gasteiger partial charge in [-0.3, -0.25) is 14.9 Å². The summed E-state index contributed by atoms with van der Waals surface area (Å²) < 4.78 is 0. The van der Waals surface area contributed by atoms with Crippen LogP contribution in [0.2, 0.25) is 15.1 Å². The van der Waals surface area contributed by atoms with Gasteiger partial charge in [0.1, 0.15) is 0 Å². The van der Waals surface area contributed by atoms with E-state index in [4.69, 9.17) is 34.8 Å². The Kier molecular flexibility index (Phi) is 3.09. The van der Waals surface area contributed by atoms with Crippen LogP contribution in [-0.4, -0.2) is 18.1 Å². The molecule has 2 amide bonds. The second-order valence-electron chi connectivity index (χ2n) is 3.01. The maximum Gasteiger partial charge on any atom is 0.260 e. The fourth-order valence-corrected chi connectivity index (χ4v) is 3.16. The quantitative estimate of drug-likeness (QED) is 0.491. The van der Waals surface area contributed by atoms with Gasteiger partial charge in [-0.05, 0) is 6.26 Å². The van der Waals surface area contributed by atoms with Gasteiger partial charge in [0.15, 0.2) is 0 Å². The van der Waals surface area contributed by atoms with Gasteiger partial charge in [0.25, 0.3) is 11.8 Å². The third-order valence-electron chi connectivity index (χ3n) is 2.17. The maximum atomic E-state index is 11.6. The van der Waals surface area contributed by atoms with Crippen LogP contribution in [0.4, 0.5) is 0 Å². The van der Waals surface area contributed by atoms with Crippen molar-refractivity contribution in [2.45, 2.75) is 4.90 Å². The lowest BCUT2D eigenvalue weighted by molar-refractivity contribution is 0.0879. The molecule has 0 saturated heterocycles. The number of imide groups is 1. The van der Waals surface area contributed by atoms with E-state index >= 15 is 0 Å². The van der Waals surface area contributed by atoms with Gasteiger partial charge in [-0.15, -0.1) is 11.8 Å². The van der Waals surface area contributed by atoms with Gasteiger partial charge < -0.3 is 0 Å². The Morgan fingerprint density at radius 1 is 0.938 bits per heavy atom. The molecule has 1 aromatic carbocycles. The van der Waals surface area contributed by atoms with Gasteiger partial charge >= 0.3 is 0 Å². The zero-order chi connectivity index (χ0) is 12.0. The number of halogens is 3. The highest BCUT2D eigenvalue weighted by Crippen LogP contribution is 2.44. The summed E-state index contributed by atoms with van der Waals surface area (Å²) in [5.74, 6) is -1.04. The molecule has 1 heterocycles.